The smallest absolute Gasteiger partial charge is 0.221 e. The Morgan fingerprint density at radius 1 is 1.04 bits per heavy atom. The van der Waals surface area contributed by atoms with Crippen molar-refractivity contribution < 1.29 is 4.79 Å². The molecule has 0 fully saturated rings. The lowest BCUT2D eigenvalue weighted by atomic mass is 10.00. The summed E-state index contributed by atoms with van der Waals surface area (Å²) in [6.07, 6.45) is 2.42. The summed E-state index contributed by atoms with van der Waals surface area (Å²) in [4.78, 5) is 14.5. The van der Waals surface area contributed by atoms with Crippen molar-refractivity contribution in [1.82, 2.24) is 10.2 Å². The van der Waals surface area contributed by atoms with E-state index in [1.54, 1.807) is 0 Å². The van der Waals surface area contributed by atoms with Gasteiger partial charge < -0.3 is 11.1 Å². The first-order valence-electron chi connectivity index (χ1n) is 9.09. The van der Waals surface area contributed by atoms with Crippen molar-refractivity contribution >= 4 is 30.7 Å². The monoisotopic (exact) mass is 409 g/mol. The van der Waals surface area contributed by atoms with Crippen LogP contribution in [0.4, 0.5) is 0 Å². The summed E-state index contributed by atoms with van der Waals surface area (Å²) >= 11 is 0. The highest BCUT2D eigenvalue weighted by atomic mass is 35.5. The van der Waals surface area contributed by atoms with Gasteiger partial charge in [-0.3, -0.25) is 9.69 Å². The van der Waals surface area contributed by atoms with Gasteiger partial charge in [0.15, 0.2) is 0 Å². The van der Waals surface area contributed by atoms with Crippen LogP contribution in [0.2, 0.25) is 0 Å². The van der Waals surface area contributed by atoms with Gasteiger partial charge in [0, 0.05) is 38.6 Å². The van der Waals surface area contributed by atoms with E-state index in [9.17, 15) is 4.79 Å². The molecule has 1 amide bonds. The number of fused-ring (bicyclic) bond motifs is 1. The molecule has 3 N–H and O–H groups in total. The number of rotatable bonds is 7. The molecule has 1 atom stereocenters. The molecule has 0 aromatic heterocycles. The lowest BCUT2D eigenvalue weighted by Crippen LogP contribution is -2.34. The summed E-state index contributed by atoms with van der Waals surface area (Å²) in [5.74, 6) is 0.0281. The third-order valence-corrected chi connectivity index (χ3v) is 4.82. The van der Waals surface area contributed by atoms with Gasteiger partial charge in [0.1, 0.15) is 0 Å². The highest BCUT2D eigenvalue weighted by molar-refractivity contribution is 5.85. The van der Waals surface area contributed by atoms with Crippen LogP contribution in [0.25, 0.3) is 0 Å². The van der Waals surface area contributed by atoms with E-state index in [4.69, 9.17) is 5.73 Å². The van der Waals surface area contributed by atoms with Gasteiger partial charge in [0.05, 0.1) is 0 Å². The van der Waals surface area contributed by atoms with Crippen LogP contribution in [0, 0.1) is 0 Å². The van der Waals surface area contributed by atoms with Gasteiger partial charge in [-0.1, -0.05) is 54.6 Å². The molecule has 148 valence electrons. The van der Waals surface area contributed by atoms with E-state index < -0.39 is 0 Å². The molecule has 2 aromatic carbocycles. The summed E-state index contributed by atoms with van der Waals surface area (Å²) in [6.45, 7) is 3.84. The Balaban J connectivity index is 0.00000182. The number of carbonyl (C=O) groups is 1. The predicted octanol–water partition coefficient (Wildman–Crippen LogP) is 3.48. The summed E-state index contributed by atoms with van der Waals surface area (Å²) in [5, 5.41) is 3.00. The third-order valence-electron chi connectivity index (χ3n) is 4.82. The molecule has 0 spiro atoms. The minimum atomic E-state index is -0.236. The maximum atomic E-state index is 12.0. The standard InChI is InChI=1S/C21H27N3O.2ClH/c22-20(18-8-2-1-3-9-18)15-21(25)23-12-6-13-24-14-11-17-7-4-5-10-19(17)16-24;;/h1-5,7-10,20H,6,11-16,22H2,(H,23,25);2*1H. The predicted molar refractivity (Wildman–Crippen MR) is 116 cm³/mol. The van der Waals surface area contributed by atoms with Gasteiger partial charge >= 0.3 is 0 Å². The molecular formula is C21H29Cl2N3O. The zero-order valence-electron chi connectivity index (χ0n) is 15.5. The summed E-state index contributed by atoms with van der Waals surface area (Å²) in [7, 11) is 0. The lowest BCUT2D eigenvalue weighted by Gasteiger charge is -2.28. The van der Waals surface area contributed by atoms with Crippen molar-refractivity contribution in [2.24, 2.45) is 5.73 Å². The molecular weight excluding hydrogens is 381 g/mol. The third kappa shape index (κ3) is 7.15. The number of halogens is 2. The molecule has 1 unspecified atom stereocenters. The van der Waals surface area contributed by atoms with Crippen molar-refractivity contribution in [3.63, 3.8) is 0 Å². The molecule has 0 saturated heterocycles. The summed E-state index contributed by atoms with van der Waals surface area (Å²) in [6, 6.07) is 18.2. The Kier molecular flexibility index (Phi) is 10.4. The average molecular weight is 410 g/mol. The van der Waals surface area contributed by atoms with Crippen molar-refractivity contribution in [1.29, 1.82) is 0 Å². The minimum absolute atomic E-state index is 0. The number of amides is 1. The van der Waals surface area contributed by atoms with E-state index in [0.717, 1.165) is 38.0 Å². The number of nitrogens with zero attached hydrogens (tertiary/aromatic N) is 1. The summed E-state index contributed by atoms with van der Waals surface area (Å²) < 4.78 is 0. The van der Waals surface area contributed by atoms with Gasteiger partial charge in [-0.25, -0.2) is 0 Å². The Morgan fingerprint density at radius 2 is 1.70 bits per heavy atom. The van der Waals surface area contributed by atoms with Crippen molar-refractivity contribution in [3.8, 4) is 0 Å². The van der Waals surface area contributed by atoms with Crippen molar-refractivity contribution in [2.45, 2.75) is 31.8 Å². The highest BCUT2D eigenvalue weighted by Crippen LogP contribution is 2.18. The normalized spacial score (nSPS) is 14.3. The SMILES string of the molecule is Cl.Cl.NC(CC(=O)NCCCN1CCc2ccccc2C1)c1ccccc1. The number of nitrogens with two attached hydrogens (primary N) is 1. The molecule has 0 saturated carbocycles. The van der Waals surface area contributed by atoms with Crippen LogP contribution in [0.15, 0.2) is 54.6 Å². The Hall–Kier alpha value is -1.59. The van der Waals surface area contributed by atoms with Gasteiger partial charge in [-0.15, -0.1) is 24.8 Å². The Bertz CT molecular complexity index is 697. The Morgan fingerprint density at radius 3 is 2.44 bits per heavy atom. The van der Waals surface area contributed by atoms with Crippen LogP contribution < -0.4 is 11.1 Å². The van der Waals surface area contributed by atoms with E-state index in [0.29, 0.717) is 13.0 Å². The van der Waals surface area contributed by atoms with E-state index in [1.165, 1.54) is 11.1 Å². The molecule has 0 aliphatic carbocycles. The molecule has 1 aliphatic rings. The van der Waals surface area contributed by atoms with Crippen LogP contribution in [0.3, 0.4) is 0 Å². The number of hydrogen-bond donors (Lipinski definition) is 2. The van der Waals surface area contributed by atoms with E-state index >= 15 is 0 Å². The van der Waals surface area contributed by atoms with Gasteiger partial charge in [0.25, 0.3) is 0 Å². The zero-order valence-corrected chi connectivity index (χ0v) is 17.1. The van der Waals surface area contributed by atoms with Crippen molar-refractivity contribution in [2.75, 3.05) is 19.6 Å². The molecule has 1 aliphatic heterocycles. The van der Waals surface area contributed by atoms with E-state index in [-0.39, 0.29) is 36.8 Å². The second-order valence-corrected chi connectivity index (χ2v) is 6.72. The van der Waals surface area contributed by atoms with Crippen LogP contribution in [-0.4, -0.2) is 30.4 Å². The molecule has 0 bridgehead atoms. The molecule has 1 heterocycles. The quantitative estimate of drug-likeness (QED) is 0.688. The maximum absolute atomic E-state index is 12.0. The molecule has 0 radical (unpaired) electrons. The van der Waals surface area contributed by atoms with E-state index in [2.05, 4.69) is 34.5 Å². The lowest BCUT2D eigenvalue weighted by molar-refractivity contribution is -0.121. The maximum Gasteiger partial charge on any atom is 0.221 e. The molecule has 3 rings (SSSR count). The van der Waals surface area contributed by atoms with Crippen LogP contribution in [0.1, 0.15) is 35.6 Å². The van der Waals surface area contributed by atoms with Gasteiger partial charge in [0.2, 0.25) is 5.91 Å². The van der Waals surface area contributed by atoms with Crippen LogP contribution in [-0.2, 0) is 17.8 Å². The molecule has 4 nitrogen and oxygen atoms in total. The number of benzene rings is 2. The summed E-state index contributed by atoms with van der Waals surface area (Å²) in [5.41, 5.74) is 10.0. The molecule has 2 aromatic rings. The van der Waals surface area contributed by atoms with E-state index in [1.807, 2.05) is 30.3 Å². The zero-order chi connectivity index (χ0) is 17.5. The molecule has 6 heteroatoms. The first-order chi connectivity index (χ1) is 12.2. The first kappa shape index (κ1) is 23.4. The fourth-order valence-electron chi connectivity index (χ4n) is 3.37. The molecule has 27 heavy (non-hydrogen) atoms. The van der Waals surface area contributed by atoms with Crippen LogP contribution >= 0.6 is 24.8 Å². The number of nitrogens with one attached hydrogen (secondary N) is 1. The average Bonchev–Trinajstić information content (AvgIpc) is 2.66. The highest BCUT2D eigenvalue weighted by Gasteiger charge is 2.15. The largest absolute Gasteiger partial charge is 0.356 e. The first-order valence-corrected chi connectivity index (χ1v) is 9.09. The van der Waals surface area contributed by atoms with Crippen LogP contribution in [0.5, 0.6) is 0 Å². The number of hydrogen-bond acceptors (Lipinski definition) is 3. The van der Waals surface area contributed by atoms with Gasteiger partial charge in [-0.05, 0) is 29.5 Å². The van der Waals surface area contributed by atoms with Gasteiger partial charge in [-0.2, -0.15) is 0 Å². The fraction of sp³-hybridized carbons (Fsp3) is 0.381. The second kappa shape index (κ2) is 12.0. The second-order valence-electron chi connectivity index (χ2n) is 6.72. The number of carbonyl (C=O) groups excluding carboxylic acids is 1. The fourth-order valence-corrected chi connectivity index (χ4v) is 3.37. The van der Waals surface area contributed by atoms with Crippen molar-refractivity contribution in [3.05, 3.63) is 71.3 Å². The Labute approximate surface area is 174 Å². The topological polar surface area (TPSA) is 58.4 Å². The minimum Gasteiger partial charge on any atom is -0.356 e.